The van der Waals surface area contributed by atoms with Crippen molar-refractivity contribution in [3.05, 3.63) is 12.7 Å². The molecule has 0 amide bonds. The molecule has 348 valence electrons. The topological polar surface area (TPSA) is 186 Å². The summed E-state index contributed by atoms with van der Waals surface area (Å²) in [5, 5.41) is 30.9. The minimum Gasteiger partial charge on any atom is -0.462 e. The minimum atomic E-state index is -4.60. The average Bonchev–Trinajstić information content (AvgIpc) is 3.20. The van der Waals surface area contributed by atoms with Gasteiger partial charge in [0.15, 0.2) is 12.4 Å². The van der Waals surface area contributed by atoms with Crippen LogP contribution in [0.1, 0.15) is 212 Å². The van der Waals surface area contributed by atoms with Crippen LogP contribution in [0, 0.1) is 0 Å². The molecule has 13 heteroatoms. The largest absolute Gasteiger partial charge is 0.462 e. The number of ether oxygens (including phenoxy) is 4. The fourth-order valence-corrected chi connectivity index (χ4v) is 8.23. The van der Waals surface area contributed by atoms with Crippen LogP contribution in [0.3, 0.4) is 0 Å². The molecule has 4 N–H and O–H groups in total. The summed E-state index contributed by atoms with van der Waals surface area (Å²) in [6.45, 7) is 5.31. The van der Waals surface area contributed by atoms with Crippen LogP contribution < -0.4 is 0 Å². The van der Waals surface area contributed by atoms with Gasteiger partial charge in [-0.2, -0.15) is 8.42 Å². The van der Waals surface area contributed by atoms with Gasteiger partial charge in [0.2, 0.25) is 0 Å². The fraction of sp³-hybridized carbons (Fsp3) is 0.913. The second-order valence-electron chi connectivity index (χ2n) is 16.9. The lowest BCUT2D eigenvalue weighted by Crippen LogP contribution is -2.60. The number of carbonyl (C=O) groups is 2. The molecule has 59 heavy (non-hydrogen) atoms. The van der Waals surface area contributed by atoms with Crippen LogP contribution in [0.25, 0.3) is 0 Å². The number of rotatable bonds is 41. The molecular weight excluding hydrogens is 777 g/mol. The second kappa shape index (κ2) is 37.0. The molecular formula is C46H86O12S. The van der Waals surface area contributed by atoms with Gasteiger partial charge in [0.1, 0.15) is 36.8 Å². The monoisotopic (exact) mass is 863 g/mol. The smallest absolute Gasteiger partial charge is 0.306 e. The molecule has 1 aliphatic heterocycles. The summed E-state index contributed by atoms with van der Waals surface area (Å²) in [6.07, 6.45) is 28.6. The van der Waals surface area contributed by atoms with Crippen molar-refractivity contribution in [2.75, 3.05) is 19.0 Å². The highest BCUT2D eigenvalue weighted by atomic mass is 32.2. The van der Waals surface area contributed by atoms with Crippen molar-refractivity contribution >= 4 is 22.1 Å². The minimum absolute atomic E-state index is 0.170. The SMILES string of the molecule is C=CCCCCCCCCCCCCCCCC(=O)OC[C@H](CO[C@H]1O[C@H](CS(=O)(=O)O)[C@@H](O)C(O)C1O)OC(=O)CCCCCCCCCCCCCCCCCC. The van der Waals surface area contributed by atoms with Gasteiger partial charge in [-0.3, -0.25) is 14.1 Å². The van der Waals surface area contributed by atoms with Crippen LogP contribution in [-0.4, -0.2) is 96.0 Å². The van der Waals surface area contributed by atoms with Gasteiger partial charge in [-0.15, -0.1) is 6.58 Å². The summed E-state index contributed by atoms with van der Waals surface area (Å²) < 4.78 is 54.1. The molecule has 1 fully saturated rings. The molecule has 12 nitrogen and oxygen atoms in total. The van der Waals surface area contributed by atoms with Crippen LogP contribution in [-0.2, 0) is 38.7 Å². The Morgan fingerprint density at radius 1 is 0.593 bits per heavy atom. The number of esters is 2. The van der Waals surface area contributed by atoms with Gasteiger partial charge in [-0.1, -0.05) is 180 Å². The van der Waals surface area contributed by atoms with Crippen molar-refractivity contribution in [1.82, 2.24) is 0 Å². The molecule has 0 saturated carbocycles. The van der Waals surface area contributed by atoms with E-state index < -0.39 is 71.2 Å². The third kappa shape index (κ3) is 31.8. The summed E-state index contributed by atoms with van der Waals surface area (Å²) in [5.41, 5.74) is 0. The van der Waals surface area contributed by atoms with Crippen LogP contribution in [0.5, 0.6) is 0 Å². The Labute approximate surface area is 358 Å². The van der Waals surface area contributed by atoms with Gasteiger partial charge in [0.25, 0.3) is 10.1 Å². The summed E-state index contributed by atoms with van der Waals surface area (Å²) in [6, 6.07) is 0. The highest BCUT2D eigenvalue weighted by Crippen LogP contribution is 2.24. The van der Waals surface area contributed by atoms with Crippen LogP contribution in [0.15, 0.2) is 12.7 Å². The highest BCUT2D eigenvalue weighted by Gasteiger charge is 2.46. The molecule has 1 rings (SSSR count). The Morgan fingerprint density at radius 2 is 1.00 bits per heavy atom. The lowest BCUT2D eigenvalue weighted by molar-refractivity contribution is -0.297. The van der Waals surface area contributed by atoms with E-state index in [1.807, 2.05) is 6.08 Å². The zero-order valence-corrected chi connectivity index (χ0v) is 37.8. The number of carbonyl (C=O) groups excluding carboxylic acids is 2. The number of hydrogen-bond acceptors (Lipinski definition) is 11. The van der Waals surface area contributed by atoms with E-state index in [0.29, 0.717) is 12.8 Å². The third-order valence-electron chi connectivity index (χ3n) is 11.2. The van der Waals surface area contributed by atoms with Crippen LogP contribution >= 0.6 is 0 Å². The predicted octanol–water partition coefficient (Wildman–Crippen LogP) is 9.84. The van der Waals surface area contributed by atoms with E-state index in [2.05, 4.69) is 13.5 Å². The molecule has 1 saturated heterocycles. The number of hydrogen-bond donors (Lipinski definition) is 4. The van der Waals surface area contributed by atoms with E-state index in [4.69, 9.17) is 18.9 Å². The Morgan fingerprint density at radius 3 is 1.42 bits per heavy atom. The molecule has 0 spiro atoms. The van der Waals surface area contributed by atoms with Gasteiger partial charge in [-0.25, -0.2) is 0 Å². The summed E-state index contributed by atoms with van der Waals surface area (Å²) in [7, 11) is -4.60. The second-order valence-corrected chi connectivity index (χ2v) is 18.4. The van der Waals surface area contributed by atoms with E-state index in [1.54, 1.807) is 0 Å². The van der Waals surface area contributed by atoms with Gasteiger partial charge in [0.05, 0.1) is 6.61 Å². The molecule has 0 aliphatic carbocycles. The molecule has 6 atom stereocenters. The average molecular weight is 863 g/mol. The summed E-state index contributed by atoms with van der Waals surface area (Å²) >= 11 is 0. The summed E-state index contributed by atoms with van der Waals surface area (Å²) in [4.78, 5) is 25.4. The maximum absolute atomic E-state index is 12.8. The third-order valence-corrected chi connectivity index (χ3v) is 12.0. The predicted molar refractivity (Wildman–Crippen MR) is 234 cm³/mol. The first-order chi connectivity index (χ1) is 28.5. The Bertz CT molecular complexity index is 1140. The molecule has 1 heterocycles. The van der Waals surface area contributed by atoms with Crippen LogP contribution in [0.2, 0.25) is 0 Å². The first kappa shape index (κ1) is 55.4. The maximum Gasteiger partial charge on any atom is 0.306 e. The lowest BCUT2D eigenvalue weighted by Gasteiger charge is -2.40. The van der Waals surface area contributed by atoms with Gasteiger partial charge < -0.3 is 34.3 Å². The molecule has 0 aromatic heterocycles. The lowest BCUT2D eigenvalue weighted by atomic mass is 10.00. The Hall–Kier alpha value is -1.61. The van der Waals surface area contributed by atoms with Crippen LogP contribution in [0.4, 0.5) is 0 Å². The van der Waals surface area contributed by atoms with Crippen molar-refractivity contribution in [1.29, 1.82) is 0 Å². The van der Waals surface area contributed by atoms with Crippen molar-refractivity contribution in [3.8, 4) is 0 Å². The molecule has 0 radical (unpaired) electrons. The number of allylic oxidation sites excluding steroid dienone is 1. The number of aliphatic hydroxyl groups is 3. The van der Waals surface area contributed by atoms with Gasteiger partial charge >= 0.3 is 11.9 Å². The molecule has 0 aromatic rings. The first-order valence-corrected chi connectivity index (χ1v) is 25.3. The van der Waals surface area contributed by atoms with E-state index in [9.17, 15) is 37.9 Å². The van der Waals surface area contributed by atoms with Crippen molar-refractivity contribution in [2.24, 2.45) is 0 Å². The standard InChI is InChI=1S/C46H86O12S/c1-3-5-7-9-11-13-15-17-19-21-23-25-27-29-31-33-35-42(48)57-39(37-56-46-45(51)44(50)43(49)40(58-46)38-59(52,53)54)36-55-41(47)34-32-30-28-26-24-22-20-18-16-14-12-10-8-6-4-2/h4,39-40,43-46,49-51H,2-3,5-38H2,1H3,(H,52,53,54)/t39-,40-,43-,44?,45?,46+/m1/s1. The Kier molecular flexibility index (Phi) is 34.7. The quantitative estimate of drug-likeness (QED) is 0.0198. The van der Waals surface area contributed by atoms with E-state index in [0.717, 1.165) is 44.9 Å². The molecule has 2 unspecified atom stereocenters. The first-order valence-electron chi connectivity index (χ1n) is 23.7. The summed E-state index contributed by atoms with van der Waals surface area (Å²) in [5.74, 6) is -1.97. The maximum atomic E-state index is 12.8. The molecule has 0 bridgehead atoms. The zero-order chi connectivity index (χ0) is 43.4. The normalized spacial score (nSPS) is 20.1. The number of unbranched alkanes of at least 4 members (excludes halogenated alkanes) is 28. The van der Waals surface area contributed by atoms with Crippen molar-refractivity contribution < 1.29 is 56.8 Å². The molecule has 0 aromatic carbocycles. The highest BCUT2D eigenvalue weighted by molar-refractivity contribution is 7.85. The van der Waals surface area contributed by atoms with E-state index in [-0.39, 0.29) is 19.4 Å². The zero-order valence-electron chi connectivity index (χ0n) is 37.0. The van der Waals surface area contributed by atoms with Crippen molar-refractivity contribution in [2.45, 2.75) is 249 Å². The Balaban J connectivity index is 2.40. The van der Waals surface area contributed by atoms with E-state index >= 15 is 0 Å². The van der Waals surface area contributed by atoms with Crippen molar-refractivity contribution in [3.63, 3.8) is 0 Å². The number of aliphatic hydroxyl groups excluding tert-OH is 3. The van der Waals surface area contributed by atoms with E-state index in [1.165, 1.54) is 135 Å². The van der Waals surface area contributed by atoms with Gasteiger partial charge in [0, 0.05) is 12.8 Å². The molecule has 1 aliphatic rings. The fourth-order valence-electron chi connectivity index (χ4n) is 7.54. The van der Waals surface area contributed by atoms with Gasteiger partial charge in [-0.05, 0) is 25.7 Å².